The van der Waals surface area contributed by atoms with E-state index < -0.39 is 5.97 Å². The minimum absolute atomic E-state index is 0.253. The van der Waals surface area contributed by atoms with Crippen LogP contribution < -0.4 is 0 Å². The summed E-state index contributed by atoms with van der Waals surface area (Å²) in [6.07, 6.45) is 1.27. The molecule has 0 aromatic heterocycles. The van der Waals surface area contributed by atoms with Gasteiger partial charge in [0.2, 0.25) is 0 Å². The molecule has 2 nitrogen and oxygen atoms in total. The lowest BCUT2D eigenvalue weighted by Crippen LogP contribution is -2.11. The summed E-state index contributed by atoms with van der Waals surface area (Å²) < 4.78 is 4.63. The van der Waals surface area contributed by atoms with Gasteiger partial charge in [0, 0.05) is 0 Å². The summed E-state index contributed by atoms with van der Waals surface area (Å²) >= 11 is 4.31. The maximum absolute atomic E-state index is 10.4. The molecule has 0 heterocycles. The van der Waals surface area contributed by atoms with Gasteiger partial charge in [-0.2, -0.15) is 0 Å². The number of esters is 1. The Labute approximate surface area is 59.5 Å². The van der Waals surface area contributed by atoms with E-state index in [-0.39, 0.29) is 6.10 Å². The highest BCUT2D eigenvalue weighted by molar-refractivity contribution is 7.80. The first-order valence-electron chi connectivity index (χ1n) is 2.49. The first-order chi connectivity index (χ1) is 4.20. The van der Waals surface area contributed by atoms with Crippen molar-refractivity contribution in [2.75, 3.05) is 0 Å². The zero-order chi connectivity index (χ0) is 7.28. The van der Waals surface area contributed by atoms with Gasteiger partial charge in [-0.3, -0.25) is 0 Å². The van der Waals surface area contributed by atoms with Crippen molar-refractivity contribution in [1.29, 1.82) is 0 Å². The highest BCUT2D eigenvalue weighted by Gasteiger charge is 1.99. The summed E-state index contributed by atoms with van der Waals surface area (Å²) in [6, 6.07) is 0. The fourth-order valence-electron chi connectivity index (χ4n) is 0.259. The average molecular weight is 144 g/mol. The highest BCUT2D eigenvalue weighted by atomic mass is 32.1. The summed E-state index contributed by atoms with van der Waals surface area (Å²) in [5.41, 5.74) is 0. The topological polar surface area (TPSA) is 26.3 Å². The Kier molecular flexibility index (Phi) is 3.88. The quantitative estimate of drug-likeness (QED) is 0.337. The third kappa shape index (κ3) is 3.85. The smallest absolute Gasteiger partial charge is 0.342 e. The largest absolute Gasteiger partial charge is 0.455 e. The van der Waals surface area contributed by atoms with Gasteiger partial charge in [0.1, 0.15) is 6.10 Å². The van der Waals surface area contributed by atoms with Crippen LogP contribution >= 0.6 is 12.2 Å². The maximum atomic E-state index is 10.4. The summed E-state index contributed by atoms with van der Waals surface area (Å²) in [5, 5.41) is 0.958. The van der Waals surface area contributed by atoms with E-state index in [0.717, 1.165) is 5.37 Å². The van der Waals surface area contributed by atoms with Crippen LogP contribution in [0, 0.1) is 0 Å². The Hall–Kier alpha value is -0.700. The van der Waals surface area contributed by atoms with Gasteiger partial charge in [-0.1, -0.05) is 24.9 Å². The van der Waals surface area contributed by atoms with E-state index in [0.29, 0.717) is 0 Å². The van der Waals surface area contributed by atoms with Gasteiger partial charge >= 0.3 is 5.97 Å². The Balaban J connectivity index is 3.58. The van der Waals surface area contributed by atoms with Gasteiger partial charge in [0.25, 0.3) is 0 Å². The lowest BCUT2D eigenvalue weighted by atomic mass is 10.4. The van der Waals surface area contributed by atoms with Crippen LogP contribution in [-0.2, 0) is 9.53 Å². The molecule has 50 valence electrons. The van der Waals surface area contributed by atoms with Crippen LogP contribution in [0.15, 0.2) is 12.7 Å². The average Bonchev–Trinajstić information content (AvgIpc) is 1.87. The van der Waals surface area contributed by atoms with E-state index in [1.807, 2.05) is 0 Å². The molecule has 0 aliphatic carbocycles. The van der Waals surface area contributed by atoms with Crippen LogP contribution in [0.1, 0.15) is 6.92 Å². The number of hydrogen-bond acceptors (Lipinski definition) is 3. The second-order valence-electron chi connectivity index (χ2n) is 1.50. The molecule has 0 amide bonds. The van der Waals surface area contributed by atoms with Crippen molar-refractivity contribution in [3.63, 3.8) is 0 Å². The fraction of sp³-hybridized carbons (Fsp3) is 0.333. The number of thiocarbonyl (C=S) groups is 1. The van der Waals surface area contributed by atoms with Gasteiger partial charge in [-0.15, -0.1) is 0 Å². The van der Waals surface area contributed by atoms with Crippen molar-refractivity contribution in [2.24, 2.45) is 0 Å². The first-order valence-corrected chi connectivity index (χ1v) is 2.96. The molecule has 0 bridgehead atoms. The molecule has 0 radical (unpaired) electrons. The van der Waals surface area contributed by atoms with Gasteiger partial charge in [-0.05, 0) is 6.92 Å². The second kappa shape index (κ2) is 4.21. The van der Waals surface area contributed by atoms with E-state index >= 15 is 0 Å². The molecular weight excluding hydrogens is 136 g/mol. The number of ether oxygens (including phenoxy) is 1. The molecule has 0 rings (SSSR count). The van der Waals surface area contributed by atoms with Crippen LogP contribution in [0.5, 0.6) is 0 Å². The third-order valence-corrected chi connectivity index (χ3v) is 0.923. The van der Waals surface area contributed by atoms with Crippen molar-refractivity contribution in [2.45, 2.75) is 13.0 Å². The summed E-state index contributed by atoms with van der Waals surface area (Å²) in [5.74, 6) is -0.489. The lowest BCUT2D eigenvalue weighted by molar-refractivity contribution is -0.137. The molecule has 0 N–H and O–H groups in total. The molecule has 0 saturated heterocycles. The first kappa shape index (κ1) is 8.30. The minimum Gasteiger partial charge on any atom is -0.455 e. The summed E-state index contributed by atoms with van der Waals surface area (Å²) in [4.78, 5) is 10.4. The molecule has 0 aliphatic rings. The molecule has 0 fully saturated rings. The number of hydrogen-bond donors (Lipinski definition) is 0. The van der Waals surface area contributed by atoms with Gasteiger partial charge < -0.3 is 4.74 Å². The normalized spacial score (nSPS) is 11.7. The van der Waals surface area contributed by atoms with Crippen LogP contribution in [0.2, 0.25) is 0 Å². The minimum atomic E-state index is -0.489. The zero-order valence-electron chi connectivity index (χ0n) is 5.16. The third-order valence-electron chi connectivity index (χ3n) is 0.730. The maximum Gasteiger partial charge on any atom is 0.342 e. The highest BCUT2D eigenvalue weighted by Crippen LogP contribution is 1.89. The van der Waals surface area contributed by atoms with E-state index in [9.17, 15) is 4.79 Å². The van der Waals surface area contributed by atoms with Crippen LogP contribution in [0.3, 0.4) is 0 Å². The molecule has 9 heavy (non-hydrogen) atoms. The van der Waals surface area contributed by atoms with Gasteiger partial charge in [0.05, 0.1) is 5.37 Å². The Morgan fingerprint density at radius 1 is 1.89 bits per heavy atom. The number of carbonyl (C=O) groups excluding carboxylic acids is 1. The fourth-order valence-corrected chi connectivity index (χ4v) is 0.315. The van der Waals surface area contributed by atoms with E-state index in [1.165, 1.54) is 6.08 Å². The molecule has 0 aliphatic heterocycles. The molecule has 0 aromatic carbocycles. The van der Waals surface area contributed by atoms with E-state index in [2.05, 4.69) is 23.5 Å². The Morgan fingerprint density at radius 3 is 2.78 bits per heavy atom. The predicted octanol–water partition coefficient (Wildman–Crippen LogP) is 1.10. The molecular formula is C6H8O2S. The van der Waals surface area contributed by atoms with Crippen LogP contribution in [-0.4, -0.2) is 17.4 Å². The van der Waals surface area contributed by atoms with Crippen molar-refractivity contribution in [1.82, 2.24) is 0 Å². The van der Waals surface area contributed by atoms with E-state index in [4.69, 9.17) is 0 Å². The van der Waals surface area contributed by atoms with Crippen LogP contribution in [0.4, 0.5) is 0 Å². The lowest BCUT2D eigenvalue weighted by Gasteiger charge is -2.03. The predicted molar refractivity (Wildman–Crippen MR) is 39.4 cm³/mol. The van der Waals surface area contributed by atoms with Crippen molar-refractivity contribution < 1.29 is 9.53 Å². The molecule has 0 aromatic rings. The van der Waals surface area contributed by atoms with Gasteiger partial charge in [0.15, 0.2) is 0 Å². The molecule has 0 spiro atoms. The molecule has 1 unspecified atom stereocenters. The zero-order valence-corrected chi connectivity index (χ0v) is 5.98. The summed E-state index contributed by atoms with van der Waals surface area (Å²) in [6.45, 7) is 5.13. The Bertz CT molecular complexity index is 131. The van der Waals surface area contributed by atoms with Crippen molar-refractivity contribution >= 4 is 23.6 Å². The SMILES string of the molecule is C=CC(C)OC(=O)C=S. The number of rotatable bonds is 3. The van der Waals surface area contributed by atoms with Crippen LogP contribution in [0.25, 0.3) is 0 Å². The van der Waals surface area contributed by atoms with E-state index in [1.54, 1.807) is 6.92 Å². The Morgan fingerprint density at radius 2 is 2.44 bits per heavy atom. The molecule has 0 saturated carbocycles. The number of carbonyl (C=O) groups is 1. The molecule has 3 heteroatoms. The van der Waals surface area contributed by atoms with Crippen molar-refractivity contribution in [3.05, 3.63) is 12.7 Å². The standard InChI is InChI=1S/C6H8O2S/c1-3-5(2)8-6(7)4-9/h3-5H,1H2,2H3. The monoisotopic (exact) mass is 144 g/mol. The van der Waals surface area contributed by atoms with Crippen molar-refractivity contribution in [3.8, 4) is 0 Å². The second-order valence-corrected chi connectivity index (χ2v) is 1.73. The summed E-state index contributed by atoms with van der Waals surface area (Å²) in [7, 11) is 0. The molecule has 1 atom stereocenters. The van der Waals surface area contributed by atoms with Gasteiger partial charge in [-0.25, -0.2) is 4.79 Å².